The predicted octanol–water partition coefficient (Wildman–Crippen LogP) is 6.50. The topological polar surface area (TPSA) is 0 Å². The van der Waals surface area contributed by atoms with Crippen molar-refractivity contribution in [3.8, 4) is 0 Å². The molecule has 1 aromatic carbocycles. The van der Waals surface area contributed by atoms with E-state index in [0.717, 1.165) is 41.6 Å². The lowest BCUT2D eigenvalue weighted by Gasteiger charge is -2.34. The van der Waals surface area contributed by atoms with Crippen molar-refractivity contribution in [1.29, 1.82) is 0 Å². The number of hydrogen-bond donors (Lipinski definition) is 0. The Morgan fingerprint density at radius 1 is 1.13 bits per heavy atom. The van der Waals surface area contributed by atoms with Gasteiger partial charge in [0.1, 0.15) is 0 Å². The van der Waals surface area contributed by atoms with Gasteiger partial charge >= 0.3 is 0 Å². The van der Waals surface area contributed by atoms with E-state index in [4.69, 9.17) is 11.5 Å². The van der Waals surface area contributed by atoms with Gasteiger partial charge in [-0.2, -0.15) is 11.5 Å². The van der Waals surface area contributed by atoms with Crippen LogP contribution in [0, 0.1) is 23.7 Å². The van der Waals surface area contributed by atoms with E-state index in [-0.39, 0.29) is 10.9 Å². The van der Waals surface area contributed by atoms with Crippen LogP contribution in [0.15, 0.2) is 30.3 Å². The minimum Gasteiger partial charge on any atom is -0.193 e. The van der Waals surface area contributed by atoms with Gasteiger partial charge in [0.2, 0.25) is 0 Å². The lowest BCUT2D eigenvalue weighted by molar-refractivity contribution is 0.611. The third-order valence-electron chi connectivity index (χ3n) is 6.61. The van der Waals surface area contributed by atoms with E-state index in [1.807, 2.05) is 0 Å². The summed E-state index contributed by atoms with van der Waals surface area (Å²) in [4.78, 5) is 0. The summed E-state index contributed by atoms with van der Waals surface area (Å²) in [6.45, 7) is 6.40. The highest BCUT2D eigenvalue weighted by atomic mass is 127. The Bertz CT molecular complexity index is 591. The lowest BCUT2D eigenvalue weighted by Crippen LogP contribution is -2.20. The molecule has 7 heteroatoms. The second kappa shape index (κ2) is 6.84. The monoisotopic (exact) mass is 586 g/mol. The molecule has 0 aromatic heterocycles. The van der Waals surface area contributed by atoms with Crippen molar-refractivity contribution in [1.82, 2.24) is 0 Å². The first kappa shape index (κ1) is 18.3. The van der Waals surface area contributed by atoms with Crippen LogP contribution < -0.4 is 0 Å². The van der Waals surface area contributed by atoms with Crippen LogP contribution in [0.4, 0.5) is 0 Å². The molecule has 0 N–H and O–H groups in total. The van der Waals surface area contributed by atoms with Gasteiger partial charge in [0.05, 0.1) is 0 Å². The molecular weight excluding hydrogens is 565 g/mol. The highest BCUT2D eigenvalue weighted by molar-refractivity contribution is 14.2. The Hall–Kier alpha value is 1.96. The standard InChI is InChI=1S/C16H21B2ClI2P2/c1-16(2,9-6-4-3-5-7-9)23(21)17-14-11-8-10-12(14)13(10)15(11)22(20)18-19/h3-7,10-15,17-18H,8H2,1-2H3. The summed E-state index contributed by atoms with van der Waals surface area (Å²) in [5, 5.41) is 0.325. The van der Waals surface area contributed by atoms with Gasteiger partial charge < -0.3 is 0 Å². The number of benzene rings is 1. The Morgan fingerprint density at radius 2 is 1.83 bits per heavy atom. The van der Waals surface area contributed by atoms with Gasteiger partial charge in [-0.15, -0.1) is 0 Å². The van der Waals surface area contributed by atoms with Crippen molar-refractivity contribution in [2.75, 3.05) is 0 Å². The van der Waals surface area contributed by atoms with Gasteiger partial charge in [0.15, 0.2) is 7.00 Å². The summed E-state index contributed by atoms with van der Waals surface area (Å²) >= 11 is 11.7. The average molecular weight is 586 g/mol. The Balaban J connectivity index is 1.48. The normalized spacial score (nSPS) is 39.9. The van der Waals surface area contributed by atoms with Crippen LogP contribution in [0.2, 0.25) is 5.82 Å². The Kier molecular flexibility index (Phi) is 5.45. The minimum atomic E-state index is -0.0119. The molecule has 8 unspecified atom stereocenters. The molecule has 0 amide bonds. The molecule has 0 nitrogen and oxygen atoms in total. The molecule has 4 bridgehead atoms. The summed E-state index contributed by atoms with van der Waals surface area (Å²) in [7, 11) is 0. The van der Waals surface area contributed by atoms with E-state index in [1.54, 1.807) is 0 Å². The molecule has 0 aliphatic heterocycles. The summed E-state index contributed by atoms with van der Waals surface area (Å²) in [6.07, 6.45) is 2.45. The van der Waals surface area contributed by atoms with Crippen LogP contribution >= 0.6 is 66.4 Å². The minimum absolute atomic E-state index is 0.0119. The van der Waals surface area contributed by atoms with Crippen LogP contribution in [-0.2, 0) is 5.16 Å². The van der Waals surface area contributed by atoms with Crippen LogP contribution in [0.3, 0.4) is 0 Å². The van der Waals surface area contributed by atoms with Crippen molar-refractivity contribution in [3.05, 3.63) is 35.9 Å². The molecule has 0 radical (unpaired) electrons. The van der Waals surface area contributed by atoms with E-state index in [0.29, 0.717) is 5.16 Å². The molecule has 4 aliphatic carbocycles. The number of halogens is 3. The third-order valence-corrected chi connectivity index (χ3v) is 20.2. The molecule has 4 aliphatic rings. The number of hydrogen-bond acceptors (Lipinski definition) is 0. The van der Waals surface area contributed by atoms with Crippen LogP contribution in [0.1, 0.15) is 25.8 Å². The van der Waals surface area contributed by atoms with E-state index in [2.05, 4.69) is 88.3 Å². The number of rotatable bonds is 6. The molecule has 0 saturated heterocycles. The molecule has 8 atom stereocenters. The predicted molar refractivity (Wildman–Crippen MR) is 128 cm³/mol. The van der Waals surface area contributed by atoms with E-state index in [9.17, 15) is 0 Å². The fourth-order valence-electron chi connectivity index (χ4n) is 5.41. The van der Waals surface area contributed by atoms with Gasteiger partial charge in [-0.05, 0) is 41.3 Å². The quantitative estimate of drug-likeness (QED) is 0.203. The fourth-order valence-corrected chi connectivity index (χ4v) is 13.9. The summed E-state index contributed by atoms with van der Waals surface area (Å²) in [6, 6.07) is 11.2. The van der Waals surface area contributed by atoms with Gasteiger partial charge in [0.25, 0.3) is 6.41 Å². The fraction of sp³-hybridized carbons (Fsp3) is 0.625. The first-order valence-corrected chi connectivity index (χ1v) is 17.7. The largest absolute Gasteiger partial charge is 0.272 e. The molecular formula is C16H21B2ClI2P2. The average Bonchev–Trinajstić information content (AvgIpc) is 2.86. The second-order valence-corrected chi connectivity index (χ2v) is 19.6. The van der Waals surface area contributed by atoms with Gasteiger partial charge in [-0.25, -0.2) is 0 Å². The van der Waals surface area contributed by atoms with E-state index < -0.39 is 0 Å². The summed E-state index contributed by atoms with van der Waals surface area (Å²) < 4.78 is 0. The highest BCUT2D eigenvalue weighted by Gasteiger charge is 2.73. The zero-order chi connectivity index (χ0) is 16.4. The first-order valence-electron chi connectivity index (χ1n) is 8.44. The van der Waals surface area contributed by atoms with Crippen LogP contribution in [-0.4, -0.2) is 19.1 Å². The maximum absolute atomic E-state index is 6.23. The van der Waals surface area contributed by atoms with Crippen LogP contribution in [0.25, 0.3) is 0 Å². The summed E-state index contributed by atoms with van der Waals surface area (Å²) in [5.74, 6) is 5.29. The first-order chi connectivity index (χ1) is 11.0. The SMILES string of the molecule is CC(C)(c1ccccc1)P(I)BC1C2CC3C1C3C2P(I)BCl. The smallest absolute Gasteiger partial charge is 0.193 e. The Morgan fingerprint density at radius 3 is 2.43 bits per heavy atom. The zero-order valence-corrected chi connectivity index (χ0v) is 20.4. The van der Waals surface area contributed by atoms with Crippen LogP contribution in [0.5, 0.6) is 0 Å². The molecule has 4 saturated carbocycles. The highest BCUT2D eigenvalue weighted by Crippen LogP contribution is 2.84. The molecule has 0 heterocycles. The molecule has 5 rings (SSSR count). The van der Waals surface area contributed by atoms with Crippen molar-refractivity contribution < 1.29 is 0 Å². The van der Waals surface area contributed by atoms with Crippen molar-refractivity contribution >= 4 is 79.8 Å². The molecule has 122 valence electrons. The summed E-state index contributed by atoms with van der Waals surface area (Å²) in [5.41, 5.74) is 2.55. The van der Waals surface area contributed by atoms with Gasteiger partial charge in [-0.1, -0.05) is 105 Å². The van der Waals surface area contributed by atoms with Gasteiger partial charge in [-0.3, -0.25) is 0 Å². The Labute approximate surface area is 174 Å². The molecule has 0 spiro atoms. The molecule has 4 fully saturated rings. The molecule has 1 aromatic rings. The zero-order valence-electron chi connectivity index (χ0n) is 13.5. The van der Waals surface area contributed by atoms with E-state index in [1.165, 1.54) is 19.0 Å². The lowest BCUT2D eigenvalue weighted by atomic mass is 9.78. The van der Waals surface area contributed by atoms with E-state index >= 15 is 0 Å². The van der Waals surface area contributed by atoms with Crippen molar-refractivity contribution in [2.45, 2.75) is 36.9 Å². The maximum atomic E-state index is 6.23. The third kappa shape index (κ3) is 3.01. The van der Waals surface area contributed by atoms with Crippen molar-refractivity contribution in [2.24, 2.45) is 23.7 Å². The second-order valence-electron chi connectivity index (χ2n) is 7.86. The van der Waals surface area contributed by atoms with Crippen molar-refractivity contribution in [3.63, 3.8) is 0 Å². The van der Waals surface area contributed by atoms with Gasteiger partial charge in [0, 0.05) is 5.16 Å². The maximum Gasteiger partial charge on any atom is 0.272 e. The molecule has 23 heavy (non-hydrogen) atoms.